The molecule has 2 aliphatic heterocycles. The van der Waals surface area contributed by atoms with Crippen molar-refractivity contribution in [1.82, 2.24) is 5.32 Å². The van der Waals surface area contributed by atoms with Crippen molar-refractivity contribution in [2.45, 2.75) is 25.3 Å². The number of anilines is 1. The summed E-state index contributed by atoms with van der Waals surface area (Å²) in [7, 11) is 0. The van der Waals surface area contributed by atoms with Gasteiger partial charge >= 0.3 is 5.97 Å². The smallest absolute Gasteiger partial charge is 0.311 e. The fourth-order valence-electron chi connectivity index (χ4n) is 4.41. The van der Waals surface area contributed by atoms with Gasteiger partial charge in [-0.05, 0) is 73.0 Å². The molecule has 3 aromatic carbocycles. The number of fused-ring (bicyclic) bond motifs is 2. The molecule has 1 atom stereocenters. The number of rotatable bonds is 5. The summed E-state index contributed by atoms with van der Waals surface area (Å²) in [5.41, 5.74) is 4.37. The zero-order chi connectivity index (χ0) is 24.4. The molecule has 0 bridgehead atoms. The van der Waals surface area contributed by atoms with Crippen LogP contribution < -0.4 is 20.1 Å². The second kappa shape index (κ2) is 10.7. The first-order valence-corrected chi connectivity index (χ1v) is 11.4. The standard InChI is InChI=1S/C27H23N3O5.ClH/c28-14-18-12-23-22(27(32)33)8-10-34-25(23)13-24(18)35-21-5-2-17(3-6-21)26(31)30-20-4-1-16-7-9-29-15-19(16)11-20;/h1-6,11-13,22,29H,7-10,15H2,(H,30,31)(H,32,33);1H. The van der Waals surface area contributed by atoms with Crippen LogP contribution in [0.15, 0.2) is 54.6 Å². The van der Waals surface area contributed by atoms with Crippen LogP contribution in [0.25, 0.3) is 0 Å². The Morgan fingerprint density at radius 3 is 2.67 bits per heavy atom. The molecule has 0 saturated carbocycles. The molecule has 8 nitrogen and oxygen atoms in total. The molecule has 0 radical (unpaired) electrons. The molecule has 3 N–H and O–H groups in total. The first kappa shape index (κ1) is 25.0. The summed E-state index contributed by atoms with van der Waals surface area (Å²) < 4.78 is 11.5. The highest BCUT2D eigenvalue weighted by atomic mass is 35.5. The number of carboxylic acids is 1. The molecule has 184 valence electrons. The molecule has 0 aromatic heterocycles. The van der Waals surface area contributed by atoms with E-state index in [1.165, 1.54) is 17.2 Å². The van der Waals surface area contributed by atoms with Crippen molar-refractivity contribution in [3.05, 3.63) is 82.4 Å². The van der Waals surface area contributed by atoms with Crippen molar-refractivity contribution < 1.29 is 24.2 Å². The number of benzene rings is 3. The number of halogens is 1. The highest BCUT2D eigenvalue weighted by Gasteiger charge is 2.29. The SMILES string of the molecule is Cl.N#Cc1cc2c(cc1Oc1ccc(C(=O)Nc3ccc4c(c3)CNCC4)cc1)OCCC2C(=O)O. The third-order valence-corrected chi connectivity index (χ3v) is 6.27. The summed E-state index contributed by atoms with van der Waals surface area (Å²) in [6.07, 6.45) is 1.33. The number of aliphatic carboxylic acids is 1. The summed E-state index contributed by atoms with van der Waals surface area (Å²) in [4.78, 5) is 24.3. The van der Waals surface area contributed by atoms with E-state index in [2.05, 4.69) is 22.8 Å². The summed E-state index contributed by atoms with van der Waals surface area (Å²) in [5.74, 6) is -0.813. The normalized spacial score (nSPS) is 15.7. The maximum absolute atomic E-state index is 12.7. The Bertz CT molecular complexity index is 1350. The van der Waals surface area contributed by atoms with Gasteiger partial charge in [-0.15, -0.1) is 12.4 Å². The molecular formula is C27H24ClN3O5. The Morgan fingerprint density at radius 1 is 1.11 bits per heavy atom. The molecule has 36 heavy (non-hydrogen) atoms. The number of carbonyl (C=O) groups is 2. The molecule has 2 heterocycles. The topological polar surface area (TPSA) is 121 Å². The molecule has 1 unspecified atom stereocenters. The van der Waals surface area contributed by atoms with Crippen molar-refractivity contribution in [3.63, 3.8) is 0 Å². The second-order valence-electron chi connectivity index (χ2n) is 8.52. The Morgan fingerprint density at radius 2 is 1.92 bits per heavy atom. The molecule has 1 amide bonds. The largest absolute Gasteiger partial charge is 0.493 e. The summed E-state index contributed by atoms with van der Waals surface area (Å²) in [5, 5.41) is 25.3. The van der Waals surface area contributed by atoms with E-state index in [-0.39, 0.29) is 36.2 Å². The van der Waals surface area contributed by atoms with Crippen LogP contribution in [-0.2, 0) is 17.8 Å². The number of amides is 1. The zero-order valence-corrected chi connectivity index (χ0v) is 20.1. The van der Waals surface area contributed by atoms with E-state index in [9.17, 15) is 20.0 Å². The second-order valence-corrected chi connectivity index (χ2v) is 8.52. The lowest BCUT2D eigenvalue weighted by molar-refractivity contribution is -0.139. The molecule has 0 saturated heterocycles. The minimum absolute atomic E-state index is 0. The number of hydrogen-bond acceptors (Lipinski definition) is 6. The summed E-state index contributed by atoms with van der Waals surface area (Å²) in [6, 6.07) is 17.7. The molecule has 9 heteroatoms. The van der Waals surface area contributed by atoms with Crippen LogP contribution >= 0.6 is 12.4 Å². The maximum atomic E-state index is 12.7. The van der Waals surface area contributed by atoms with E-state index in [0.717, 1.165) is 25.2 Å². The minimum atomic E-state index is -0.951. The summed E-state index contributed by atoms with van der Waals surface area (Å²) >= 11 is 0. The first-order chi connectivity index (χ1) is 17.0. The lowest BCUT2D eigenvalue weighted by Crippen LogP contribution is -2.23. The van der Waals surface area contributed by atoms with Gasteiger partial charge in [0.15, 0.2) is 0 Å². The van der Waals surface area contributed by atoms with Gasteiger partial charge in [-0.3, -0.25) is 9.59 Å². The Kier molecular flexibility index (Phi) is 7.44. The van der Waals surface area contributed by atoms with Crippen LogP contribution in [0.2, 0.25) is 0 Å². The van der Waals surface area contributed by atoms with Crippen LogP contribution in [0.4, 0.5) is 5.69 Å². The molecule has 5 rings (SSSR count). The molecule has 0 aliphatic carbocycles. The van der Waals surface area contributed by atoms with Crippen LogP contribution in [0.3, 0.4) is 0 Å². The number of nitrogens with zero attached hydrogens (tertiary/aromatic N) is 1. The zero-order valence-electron chi connectivity index (χ0n) is 19.2. The number of carbonyl (C=O) groups excluding carboxylic acids is 1. The van der Waals surface area contributed by atoms with Gasteiger partial charge in [0.25, 0.3) is 5.91 Å². The van der Waals surface area contributed by atoms with E-state index < -0.39 is 11.9 Å². The number of carboxylic acid groups (broad SMARTS) is 1. The average molecular weight is 506 g/mol. The number of nitriles is 1. The van der Waals surface area contributed by atoms with Gasteiger partial charge in [-0.2, -0.15) is 5.26 Å². The Labute approximate surface area is 214 Å². The molecule has 3 aromatic rings. The van der Waals surface area contributed by atoms with Crippen molar-refractivity contribution >= 4 is 30.0 Å². The first-order valence-electron chi connectivity index (χ1n) is 11.4. The van der Waals surface area contributed by atoms with E-state index in [1.54, 1.807) is 30.3 Å². The number of ether oxygens (including phenoxy) is 2. The van der Waals surface area contributed by atoms with Gasteiger partial charge in [-0.25, -0.2) is 0 Å². The monoisotopic (exact) mass is 505 g/mol. The Balaban J connectivity index is 0.00000304. The molecule has 2 aliphatic rings. The van der Waals surface area contributed by atoms with Crippen LogP contribution in [0.5, 0.6) is 17.2 Å². The lowest BCUT2D eigenvalue weighted by Gasteiger charge is -2.24. The van der Waals surface area contributed by atoms with Gasteiger partial charge in [0.2, 0.25) is 0 Å². The third-order valence-electron chi connectivity index (χ3n) is 6.27. The van der Waals surface area contributed by atoms with Gasteiger partial charge in [-0.1, -0.05) is 6.07 Å². The Hall–Kier alpha value is -4.06. The van der Waals surface area contributed by atoms with Crippen LogP contribution in [0.1, 0.15) is 45.0 Å². The lowest BCUT2D eigenvalue weighted by atomic mass is 9.91. The van der Waals surface area contributed by atoms with Gasteiger partial charge in [0.05, 0.1) is 18.1 Å². The molecule has 0 spiro atoms. The van der Waals surface area contributed by atoms with Crippen LogP contribution in [-0.4, -0.2) is 30.1 Å². The van der Waals surface area contributed by atoms with Crippen molar-refractivity contribution in [2.75, 3.05) is 18.5 Å². The highest BCUT2D eigenvalue weighted by molar-refractivity contribution is 6.04. The van der Waals surface area contributed by atoms with E-state index in [4.69, 9.17) is 9.47 Å². The van der Waals surface area contributed by atoms with Crippen molar-refractivity contribution in [2.24, 2.45) is 0 Å². The highest BCUT2D eigenvalue weighted by Crippen LogP contribution is 2.39. The number of nitrogens with one attached hydrogen (secondary N) is 2. The average Bonchev–Trinajstić information content (AvgIpc) is 2.88. The quantitative estimate of drug-likeness (QED) is 0.462. The fourth-order valence-corrected chi connectivity index (χ4v) is 4.41. The molecule has 0 fully saturated rings. The fraction of sp³-hybridized carbons (Fsp3) is 0.222. The van der Waals surface area contributed by atoms with Gasteiger partial charge < -0.3 is 25.2 Å². The summed E-state index contributed by atoms with van der Waals surface area (Å²) in [6.45, 7) is 2.03. The third kappa shape index (κ3) is 5.13. The van der Waals surface area contributed by atoms with Crippen LogP contribution in [0, 0.1) is 11.3 Å². The van der Waals surface area contributed by atoms with E-state index in [0.29, 0.717) is 29.0 Å². The van der Waals surface area contributed by atoms with Crippen molar-refractivity contribution in [3.8, 4) is 23.3 Å². The minimum Gasteiger partial charge on any atom is -0.493 e. The molecular weight excluding hydrogens is 482 g/mol. The van der Waals surface area contributed by atoms with Gasteiger partial charge in [0.1, 0.15) is 23.3 Å². The predicted molar refractivity (Wildman–Crippen MR) is 135 cm³/mol. The maximum Gasteiger partial charge on any atom is 0.311 e. The van der Waals surface area contributed by atoms with Gasteiger partial charge in [0, 0.05) is 29.4 Å². The van der Waals surface area contributed by atoms with E-state index >= 15 is 0 Å². The number of hydrogen-bond donors (Lipinski definition) is 3. The van der Waals surface area contributed by atoms with E-state index in [1.807, 2.05) is 12.1 Å². The van der Waals surface area contributed by atoms with Crippen molar-refractivity contribution in [1.29, 1.82) is 5.26 Å². The predicted octanol–water partition coefficient (Wildman–Crippen LogP) is 4.62.